The molecular formula is C14H17FN4O. The Morgan fingerprint density at radius 1 is 1.25 bits per heavy atom. The lowest BCUT2D eigenvalue weighted by Gasteiger charge is -2.09. The van der Waals surface area contributed by atoms with Crippen molar-refractivity contribution >= 4 is 5.95 Å². The lowest BCUT2D eigenvalue weighted by molar-refractivity contribution is 0.292. The molecule has 20 heavy (non-hydrogen) atoms. The molecule has 2 aromatic rings. The fourth-order valence-corrected chi connectivity index (χ4v) is 1.72. The van der Waals surface area contributed by atoms with Crippen LogP contribution in [0.25, 0.3) is 11.4 Å². The molecule has 1 heterocycles. The van der Waals surface area contributed by atoms with Crippen LogP contribution in [0.5, 0.6) is 6.01 Å². The van der Waals surface area contributed by atoms with E-state index in [9.17, 15) is 4.39 Å². The van der Waals surface area contributed by atoms with E-state index in [0.29, 0.717) is 18.4 Å². The largest absolute Gasteiger partial charge is 0.463 e. The van der Waals surface area contributed by atoms with Crippen molar-refractivity contribution in [3.8, 4) is 17.4 Å². The second-order valence-corrected chi connectivity index (χ2v) is 4.32. The van der Waals surface area contributed by atoms with E-state index in [2.05, 4.69) is 20.3 Å². The number of nitrogens with zero attached hydrogens (tertiary/aromatic N) is 3. The number of benzene rings is 1. The van der Waals surface area contributed by atoms with Gasteiger partial charge in [-0.15, -0.1) is 0 Å². The quantitative estimate of drug-likeness (QED) is 0.910. The van der Waals surface area contributed by atoms with Crippen LogP contribution in [0.4, 0.5) is 10.3 Å². The molecule has 0 atom stereocenters. The number of anilines is 1. The molecule has 0 bridgehead atoms. The number of hydrogen-bond acceptors (Lipinski definition) is 5. The maximum absolute atomic E-state index is 13.2. The fraction of sp³-hybridized carbons (Fsp3) is 0.357. The van der Waals surface area contributed by atoms with Gasteiger partial charge in [-0.25, -0.2) is 4.39 Å². The predicted molar refractivity (Wildman–Crippen MR) is 75.3 cm³/mol. The standard InChI is InChI=1S/C14H17FN4O/c1-4-7-20-14-18-12(17-13(16-3)19-14)11-6-5-10(15)8-9(11)2/h5-6,8H,4,7H2,1-3H3,(H,16,17,18,19). The Morgan fingerprint density at radius 2 is 2.05 bits per heavy atom. The van der Waals surface area contributed by atoms with Crippen LogP contribution in [0, 0.1) is 12.7 Å². The first kappa shape index (κ1) is 14.2. The van der Waals surface area contributed by atoms with E-state index in [1.165, 1.54) is 12.1 Å². The Kier molecular flexibility index (Phi) is 4.45. The molecule has 1 aromatic heterocycles. The maximum atomic E-state index is 13.2. The van der Waals surface area contributed by atoms with Gasteiger partial charge in [-0.3, -0.25) is 0 Å². The highest BCUT2D eigenvalue weighted by molar-refractivity contribution is 5.61. The first-order chi connectivity index (χ1) is 9.63. The Morgan fingerprint density at radius 3 is 2.70 bits per heavy atom. The molecule has 2 rings (SSSR count). The first-order valence-corrected chi connectivity index (χ1v) is 6.47. The number of aryl methyl sites for hydroxylation is 1. The molecule has 0 fully saturated rings. The number of rotatable bonds is 5. The molecule has 0 aliphatic carbocycles. The van der Waals surface area contributed by atoms with Crippen molar-refractivity contribution < 1.29 is 9.13 Å². The normalized spacial score (nSPS) is 10.4. The van der Waals surface area contributed by atoms with Crippen molar-refractivity contribution in [1.82, 2.24) is 15.0 Å². The summed E-state index contributed by atoms with van der Waals surface area (Å²) in [5.74, 6) is 0.606. The molecule has 5 nitrogen and oxygen atoms in total. The third-order valence-corrected chi connectivity index (χ3v) is 2.70. The number of halogens is 1. The molecule has 106 valence electrons. The summed E-state index contributed by atoms with van der Waals surface area (Å²) in [5, 5.41) is 2.87. The van der Waals surface area contributed by atoms with Gasteiger partial charge in [0.2, 0.25) is 5.95 Å². The van der Waals surface area contributed by atoms with Crippen molar-refractivity contribution in [2.45, 2.75) is 20.3 Å². The Hall–Kier alpha value is -2.24. The van der Waals surface area contributed by atoms with Gasteiger partial charge in [-0.2, -0.15) is 15.0 Å². The highest BCUT2D eigenvalue weighted by Crippen LogP contribution is 2.23. The minimum absolute atomic E-state index is 0.268. The van der Waals surface area contributed by atoms with E-state index in [1.54, 1.807) is 13.1 Å². The molecule has 1 N–H and O–H groups in total. The van der Waals surface area contributed by atoms with Gasteiger partial charge < -0.3 is 10.1 Å². The van der Waals surface area contributed by atoms with Crippen molar-refractivity contribution in [3.05, 3.63) is 29.6 Å². The third-order valence-electron chi connectivity index (χ3n) is 2.70. The smallest absolute Gasteiger partial charge is 0.321 e. The molecule has 0 spiro atoms. The summed E-state index contributed by atoms with van der Waals surface area (Å²) in [5.41, 5.74) is 1.52. The number of ether oxygens (including phenoxy) is 1. The van der Waals surface area contributed by atoms with E-state index >= 15 is 0 Å². The molecule has 0 saturated carbocycles. The van der Waals surface area contributed by atoms with Crippen LogP contribution in [0.15, 0.2) is 18.2 Å². The van der Waals surface area contributed by atoms with Gasteiger partial charge in [-0.05, 0) is 37.1 Å². The first-order valence-electron chi connectivity index (χ1n) is 6.47. The van der Waals surface area contributed by atoms with Crippen LogP contribution in [0.1, 0.15) is 18.9 Å². The van der Waals surface area contributed by atoms with E-state index in [1.807, 2.05) is 13.8 Å². The zero-order chi connectivity index (χ0) is 14.5. The van der Waals surface area contributed by atoms with E-state index in [4.69, 9.17) is 4.74 Å². The van der Waals surface area contributed by atoms with Gasteiger partial charge >= 0.3 is 6.01 Å². The molecule has 0 saturated heterocycles. The van der Waals surface area contributed by atoms with E-state index in [0.717, 1.165) is 17.5 Å². The molecule has 1 aromatic carbocycles. The van der Waals surface area contributed by atoms with Crippen molar-refractivity contribution in [2.75, 3.05) is 19.0 Å². The molecule has 0 amide bonds. The highest BCUT2D eigenvalue weighted by atomic mass is 19.1. The molecular weight excluding hydrogens is 259 g/mol. The zero-order valence-electron chi connectivity index (χ0n) is 11.8. The van der Waals surface area contributed by atoms with Crippen LogP contribution in [-0.4, -0.2) is 28.6 Å². The zero-order valence-corrected chi connectivity index (χ0v) is 11.8. The molecule has 0 aliphatic heterocycles. The van der Waals surface area contributed by atoms with E-state index < -0.39 is 0 Å². The minimum atomic E-state index is -0.281. The average molecular weight is 276 g/mol. The number of aromatic nitrogens is 3. The van der Waals surface area contributed by atoms with Crippen molar-refractivity contribution in [2.24, 2.45) is 0 Å². The van der Waals surface area contributed by atoms with Crippen LogP contribution < -0.4 is 10.1 Å². The third kappa shape index (κ3) is 3.20. The lowest BCUT2D eigenvalue weighted by atomic mass is 10.1. The highest BCUT2D eigenvalue weighted by Gasteiger charge is 2.11. The van der Waals surface area contributed by atoms with E-state index in [-0.39, 0.29) is 11.8 Å². The van der Waals surface area contributed by atoms with Crippen LogP contribution in [0.3, 0.4) is 0 Å². The second kappa shape index (κ2) is 6.27. The van der Waals surface area contributed by atoms with Gasteiger partial charge in [0.05, 0.1) is 6.61 Å². The predicted octanol–water partition coefficient (Wildman–Crippen LogP) is 2.82. The molecule has 0 aliphatic rings. The fourth-order valence-electron chi connectivity index (χ4n) is 1.72. The van der Waals surface area contributed by atoms with Crippen LogP contribution in [0.2, 0.25) is 0 Å². The summed E-state index contributed by atoms with van der Waals surface area (Å²) < 4.78 is 18.6. The van der Waals surface area contributed by atoms with Crippen molar-refractivity contribution in [3.63, 3.8) is 0 Å². The minimum Gasteiger partial charge on any atom is -0.463 e. The summed E-state index contributed by atoms with van der Waals surface area (Å²) in [4.78, 5) is 12.7. The summed E-state index contributed by atoms with van der Waals surface area (Å²) in [7, 11) is 1.72. The Labute approximate surface area is 117 Å². The molecule has 6 heteroatoms. The second-order valence-electron chi connectivity index (χ2n) is 4.32. The SMILES string of the molecule is CCCOc1nc(NC)nc(-c2ccc(F)cc2C)n1. The average Bonchev–Trinajstić information content (AvgIpc) is 2.44. The summed E-state index contributed by atoms with van der Waals surface area (Å²) in [6, 6.07) is 4.76. The number of nitrogens with one attached hydrogen (secondary N) is 1. The monoisotopic (exact) mass is 276 g/mol. The topological polar surface area (TPSA) is 59.9 Å². The maximum Gasteiger partial charge on any atom is 0.321 e. The summed E-state index contributed by atoms with van der Waals surface area (Å²) >= 11 is 0. The Balaban J connectivity index is 2.44. The summed E-state index contributed by atoms with van der Waals surface area (Å²) in [6.07, 6.45) is 0.867. The Bertz CT molecular complexity index is 604. The lowest BCUT2D eigenvalue weighted by Crippen LogP contribution is -2.06. The summed E-state index contributed by atoms with van der Waals surface area (Å²) in [6.45, 7) is 4.36. The molecule has 0 radical (unpaired) electrons. The van der Waals surface area contributed by atoms with Gasteiger partial charge in [0.15, 0.2) is 5.82 Å². The number of hydrogen-bond donors (Lipinski definition) is 1. The van der Waals surface area contributed by atoms with Gasteiger partial charge in [0, 0.05) is 12.6 Å². The molecule has 0 unspecified atom stereocenters. The van der Waals surface area contributed by atoms with Crippen LogP contribution >= 0.6 is 0 Å². The van der Waals surface area contributed by atoms with Gasteiger partial charge in [0.25, 0.3) is 0 Å². The van der Waals surface area contributed by atoms with Crippen molar-refractivity contribution in [1.29, 1.82) is 0 Å². The van der Waals surface area contributed by atoms with Crippen LogP contribution in [-0.2, 0) is 0 Å². The van der Waals surface area contributed by atoms with Gasteiger partial charge in [0.1, 0.15) is 5.82 Å². The van der Waals surface area contributed by atoms with Gasteiger partial charge in [-0.1, -0.05) is 6.92 Å².